The number of hydrogen-bond donors (Lipinski definition) is 1. The third-order valence-corrected chi connectivity index (χ3v) is 3.49. The molecule has 1 heterocycles. The molecule has 1 aromatic carbocycles. The third kappa shape index (κ3) is 2.34. The van der Waals surface area contributed by atoms with Crippen LogP contribution in [-0.4, -0.2) is 18.2 Å². The van der Waals surface area contributed by atoms with Crippen molar-refractivity contribution in [2.45, 2.75) is 26.2 Å². The van der Waals surface area contributed by atoms with Gasteiger partial charge in [-0.05, 0) is 33.5 Å². The largest absolute Gasteiger partial charge is 0.497 e. The molecule has 0 radical (unpaired) electrons. The lowest BCUT2D eigenvalue weighted by Gasteiger charge is -2.18. The first-order valence-electron chi connectivity index (χ1n) is 5.79. The average Bonchev–Trinajstić information content (AvgIpc) is 2.68. The molecule has 1 aromatic heterocycles. The predicted molar refractivity (Wildman–Crippen MR) is 76.1 cm³/mol. The molecule has 0 saturated carbocycles. The van der Waals surface area contributed by atoms with Gasteiger partial charge in [0.05, 0.1) is 11.6 Å². The van der Waals surface area contributed by atoms with Gasteiger partial charge in [0.25, 0.3) is 0 Å². The lowest BCUT2D eigenvalue weighted by Crippen LogP contribution is -2.15. The van der Waals surface area contributed by atoms with E-state index in [2.05, 4.69) is 15.9 Å². The molecule has 0 aliphatic rings. The van der Waals surface area contributed by atoms with Gasteiger partial charge < -0.3 is 14.3 Å². The van der Waals surface area contributed by atoms with Crippen molar-refractivity contribution in [1.82, 2.24) is 0 Å². The van der Waals surface area contributed by atoms with Gasteiger partial charge in [0.1, 0.15) is 11.3 Å². The summed E-state index contributed by atoms with van der Waals surface area (Å²) in [5.41, 5.74) is 0.864. The Bertz CT molecular complexity index is 649. The summed E-state index contributed by atoms with van der Waals surface area (Å²) in [6.45, 7) is 5.87. The second kappa shape index (κ2) is 4.56. The van der Waals surface area contributed by atoms with Gasteiger partial charge in [0, 0.05) is 10.9 Å². The summed E-state index contributed by atoms with van der Waals surface area (Å²) < 4.78 is 11.4. The summed E-state index contributed by atoms with van der Waals surface area (Å²) in [6, 6.07) is 3.56. The molecule has 4 nitrogen and oxygen atoms in total. The molecular formula is C14H15BrO4. The summed E-state index contributed by atoms with van der Waals surface area (Å²) in [4.78, 5) is 11.4. The van der Waals surface area contributed by atoms with Crippen molar-refractivity contribution in [3.8, 4) is 5.75 Å². The first-order chi connectivity index (χ1) is 8.75. The van der Waals surface area contributed by atoms with Gasteiger partial charge in [-0.15, -0.1) is 0 Å². The van der Waals surface area contributed by atoms with Crippen LogP contribution in [0.4, 0.5) is 0 Å². The van der Waals surface area contributed by atoms with E-state index in [0.717, 1.165) is 5.39 Å². The Labute approximate surface area is 119 Å². The minimum atomic E-state index is -1.06. The molecule has 0 saturated heterocycles. The van der Waals surface area contributed by atoms with E-state index in [0.29, 0.717) is 21.4 Å². The second-order valence-corrected chi connectivity index (χ2v) is 6.20. The lowest BCUT2D eigenvalue weighted by atomic mass is 9.84. The van der Waals surface area contributed by atoms with Crippen molar-refractivity contribution in [3.05, 3.63) is 27.9 Å². The van der Waals surface area contributed by atoms with Crippen LogP contribution >= 0.6 is 15.9 Å². The Hall–Kier alpha value is -1.49. The number of hydrogen-bond acceptors (Lipinski definition) is 3. The van der Waals surface area contributed by atoms with Crippen LogP contribution in [0.5, 0.6) is 5.75 Å². The molecule has 2 aromatic rings. The molecule has 0 fully saturated rings. The topological polar surface area (TPSA) is 59.7 Å². The van der Waals surface area contributed by atoms with Crippen LogP contribution in [0.25, 0.3) is 11.0 Å². The smallest absolute Gasteiger partial charge is 0.372 e. The normalized spacial score (nSPS) is 11.8. The van der Waals surface area contributed by atoms with E-state index in [4.69, 9.17) is 9.15 Å². The van der Waals surface area contributed by atoms with E-state index in [-0.39, 0.29) is 11.2 Å². The van der Waals surface area contributed by atoms with E-state index in [9.17, 15) is 9.90 Å². The number of carboxylic acids is 1. The Morgan fingerprint density at radius 3 is 2.47 bits per heavy atom. The zero-order valence-electron chi connectivity index (χ0n) is 11.2. The fraction of sp³-hybridized carbons (Fsp3) is 0.357. The van der Waals surface area contributed by atoms with E-state index < -0.39 is 5.97 Å². The Morgan fingerprint density at radius 2 is 2.00 bits per heavy atom. The molecule has 0 amide bonds. The van der Waals surface area contributed by atoms with Crippen molar-refractivity contribution in [2.24, 2.45) is 0 Å². The Balaban J connectivity index is 2.91. The van der Waals surface area contributed by atoms with Crippen molar-refractivity contribution in [1.29, 1.82) is 0 Å². The molecule has 1 N–H and O–H groups in total. The van der Waals surface area contributed by atoms with Crippen molar-refractivity contribution in [3.63, 3.8) is 0 Å². The molecule has 102 valence electrons. The van der Waals surface area contributed by atoms with E-state index in [1.165, 1.54) is 0 Å². The zero-order valence-corrected chi connectivity index (χ0v) is 12.8. The van der Waals surface area contributed by atoms with Crippen LogP contribution in [0.1, 0.15) is 36.9 Å². The minimum absolute atomic E-state index is 0.0172. The summed E-state index contributed by atoms with van der Waals surface area (Å²) >= 11 is 3.39. The molecule has 0 spiro atoms. The van der Waals surface area contributed by atoms with Gasteiger partial charge in [0.2, 0.25) is 5.76 Å². The van der Waals surface area contributed by atoms with E-state index in [1.54, 1.807) is 19.2 Å². The van der Waals surface area contributed by atoms with Gasteiger partial charge in [-0.1, -0.05) is 20.8 Å². The number of furan rings is 1. The summed E-state index contributed by atoms with van der Waals surface area (Å²) in [6.07, 6.45) is 0. The highest BCUT2D eigenvalue weighted by Gasteiger charge is 2.30. The van der Waals surface area contributed by atoms with Crippen LogP contribution in [0.3, 0.4) is 0 Å². The van der Waals surface area contributed by atoms with Gasteiger partial charge in [-0.3, -0.25) is 0 Å². The molecule has 0 unspecified atom stereocenters. The van der Waals surface area contributed by atoms with Crippen LogP contribution in [0.2, 0.25) is 0 Å². The first-order valence-corrected chi connectivity index (χ1v) is 6.59. The predicted octanol–water partition coefficient (Wildman–Crippen LogP) is 4.20. The van der Waals surface area contributed by atoms with Crippen molar-refractivity contribution < 1.29 is 19.1 Å². The third-order valence-electron chi connectivity index (χ3n) is 2.90. The number of fused-ring (bicyclic) bond motifs is 1. The number of carboxylic acid groups (broad SMARTS) is 1. The Kier molecular flexibility index (Phi) is 3.34. The fourth-order valence-corrected chi connectivity index (χ4v) is 2.67. The van der Waals surface area contributed by atoms with E-state index in [1.807, 2.05) is 20.8 Å². The molecule has 19 heavy (non-hydrogen) atoms. The number of methoxy groups -OCH3 is 1. The Morgan fingerprint density at radius 1 is 1.37 bits per heavy atom. The maximum Gasteiger partial charge on any atom is 0.372 e. The molecule has 0 aliphatic heterocycles. The van der Waals surface area contributed by atoms with E-state index >= 15 is 0 Å². The molecule has 0 atom stereocenters. The van der Waals surface area contributed by atoms with Crippen LogP contribution in [0.15, 0.2) is 21.0 Å². The number of carbonyl (C=O) groups is 1. The van der Waals surface area contributed by atoms with Crippen LogP contribution in [-0.2, 0) is 5.41 Å². The number of benzene rings is 1. The monoisotopic (exact) mass is 326 g/mol. The molecular weight excluding hydrogens is 312 g/mol. The van der Waals surface area contributed by atoms with Crippen molar-refractivity contribution >= 4 is 32.9 Å². The zero-order chi connectivity index (χ0) is 14.4. The van der Waals surface area contributed by atoms with Crippen molar-refractivity contribution in [2.75, 3.05) is 7.11 Å². The number of rotatable bonds is 2. The second-order valence-electron chi connectivity index (χ2n) is 5.35. The van der Waals surface area contributed by atoms with Crippen LogP contribution in [0, 0.1) is 0 Å². The first kappa shape index (κ1) is 13.9. The van der Waals surface area contributed by atoms with Gasteiger partial charge >= 0.3 is 5.97 Å². The average molecular weight is 327 g/mol. The quantitative estimate of drug-likeness (QED) is 0.898. The molecule has 0 bridgehead atoms. The summed E-state index contributed by atoms with van der Waals surface area (Å²) in [5, 5.41) is 10.1. The summed E-state index contributed by atoms with van der Waals surface area (Å²) in [7, 11) is 1.57. The number of ether oxygens (including phenoxy) is 1. The van der Waals surface area contributed by atoms with Gasteiger partial charge in [0.15, 0.2) is 0 Å². The maximum atomic E-state index is 11.4. The molecule has 0 aliphatic carbocycles. The highest BCUT2D eigenvalue weighted by molar-refractivity contribution is 9.10. The highest BCUT2D eigenvalue weighted by Crippen LogP contribution is 2.40. The lowest BCUT2D eigenvalue weighted by molar-refractivity contribution is 0.0661. The number of aromatic carboxylic acids is 1. The SMILES string of the molecule is COc1cc(Br)c2oc(C(=O)O)c(C(C)(C)C)c2c1. The number of halogens is 1. The fourth-order valence-electron chi connectivity index (χ4n) is 2.15. The standard InChI is InChI=1S/C14H15BrO4/c1-14(2,3)10-8-5-7(18-4)6-9(15)11(8)19-12(10)13(16)17/h5-6H,1-4H3,(H,16,17). The minimum Gasteiger partial charge on any atom is -0.497 e. The molecule has 2 rings (SSSR count). The highest BCUT2D eigenvalue weighted by atomic mass is 79.9. The van der Waals surface area contributed by atoms with Crippen LogP contribution < -0.4 is 4.74 Å². The molecule has 5 heteroatoms. The van der Waals surface area contributed by atoms with Gasteiger partial charge in [-0.25, -0.2) is 4.79 Å². The van der Waals surface area contributed by atoms with Gasteiger partial charge in [-0.2, -0.15) is 0 Å². The maximum absolute atomic E-state index is 11.4. The summed E-state index contributed by atoms with van der Waals surface area (Å²) in [5.74, 6) is -0.425.